The number of amides is 2. The van der Waals surface area contributed by atoms with Gasteiger partial charge in [-0.2, -0.15) is 0 Å². The molecule has 12 nitrogen and oxygen atoms in total. The highest BCUT2D eigenvalue weighted by Crippen LogP contribution is 2.50. The first-order chi connectivity index (χ1) is 22.9. The second-order valence-corrected chi connectivity index (χ2v) is 17.7. The summed E-state index contributed by atoms with van der Waals surface area (Å²) in [6, 6.07) is 6.71. The molecule has 2 aromatic carbocycles. The Labute approximate surface area is 287 Å². The lowest BCUT2D eigenvalue weighted by Gasteiger charge is -2.20. The maximum absolute atomic E-state index is 14.2. The molecule has 2 amide bonds. The van der Waals surface area contributed by atoms with E-state index in [2.05, 4.69) is 20.7 Å². The number of hydrogen-bond donors (Lipinski definition) is 5. The predicted octanol–water partition coefficient (Wildman–Crippen LogP) is 6.38. The Morgan fingerprint density at radius 3 is 1.88 bits per heavy atom. The zero-order valence-electron chi connectivity index (χ0n) is 25.9. The number of rotatable bonds is 10. The quantitative estimate of drug-likeness (QED) is 0.0398. The summed E-state index contributed by atoms with van der Waals surface area (Å²) in [5.74, 6) is -9.35. The van der Waals surface area contributed by atoms with Gasteiger partial charge in [0.15, 0.2) is 46.3 Å². The van der Waals surface area contributed by atoms with Crippen molar-refractivity contribution in [3.8, 4) is 45.6 Å². The third-order valence-corrected chi connectivity index (χ3v) is 8.86. The highest BCUT2D eigenvalue weighted by Gasteiger charge is 2.38. The first-order valence-electron chi connectivity index (χ1n) is 14.3. The third-order valence-electron chi connectivity index (χ3n) is 6.69. The number of aromatic hydroxyl groups is 3. The van der Waals surface area contributed by atoms with E-state index in [-0.39, 0.29) is 48.6 Å². The van der Waals surface area contributed by atoms with Crippen LogP contribution in [-0.4, -0.2) is 50.4 Å². The average molecular weight is 794 g/mol. The minimum absolute atomic E-state index is 0.0428. The molecule has 3 heterocycles. The summed E-state index contributed by atoms with van der Waals surface area (Å²) in [4.78, 5) is 23.3. The summed E-state index contributed by atoms with van der Waals surface area (Å²) in [6.45, 7) is 5.78. The van der Waals surface area contributed by atoms with Gasteiger partial charge in [-0.25, -0.2) is 35.6 Å². The Hall–Kier alpha value is -4.33. The summed E-state index contributed by atoms with van der Waals surface area (Å²) in [7, 11) is -4.93. The number of anilines is 1. The Kier molecular flexibility index (Phi) is 11.5. The van der Waals surface area contributed by atoms with Crippen LogP contribution in [0.25, 0.3) is 22.6 Å². The molecule has 1 saturated heterocycles. The monoisotopic (exact) mass is 792 g/mol. The van der Waals surface area contributed by atoms with Crippen LogP contribution in [0.4, 0.5) is 23.4 Å². The van der Waals surface area contributed by atoms with E-state index >= 15 is 0 Å². The highest BCUT2D eigenvalue weighted by molar-refractivity contribution is 9.09. The molecular formula is C30H29BrF4N2O10SSi. The topological polar surface area (TPSA) is 180 Å². The predicted molar refractivity (Wildman–Crippen MR) is 173 cm³/mol. The normalized spacial score (nSPS) is 13.9. The summed E-state index contributed by atoms with van der Waals surface area (Å²) < 4.78 is 94.9. The van der Waals surface area contributed by atoms with Crippen LogP contribution in [0.15, 0.2) is 45.2 Å². The van der Waals surface area contributed by atoms with Crippen molar-refractivity contribution in [2.45, 2.75) is 43.7 Å². The van der Waals surface area contributed by atoms with Crippen molar-refractivity contribution in [1.82, 2.24) is 4.72 Å². The van der Waals surface area contributed by atoms with Crippen LogP contribution in [0, 0.1) is 23.3 Å². The largest absolute Gasteiger partial charge is 0.539 e. The van der Waals surface area contributed by atoms with E-state index in [0.717, 1.165) is 18.2 Å². The van der Waals surface area contributed by atoms with Gasteiger partial charge in [-0.05, 0) is 50.3 Å². The molecule has 0 radical (unpaired) electrons. The van der Waals surface area contributed by atoms with Gasteiger partial charge in [0, 0.05) is 19.4 Å². The molecule has 1 unspecified atom stereocenters. The minimum Gasteiger partial charge on any atom is -0.539 e. The van der Waals surface area contributed by atoms with Crippen molar-refractivity contribution < 1.29 is 64.1 Å². The number of imide groups is 1. The molecule has 49 heavy (non-hydrogen) atoms. The van der Waals surface area contributed by atoms with Crippen molar-refractivity contribution >= 4 is 52.8 Å². The number of carbonyl (C=O) groups is 2. The lowest BCUT2D eigenvalue weighted by Crippen LogP contribution is -2.29. The number of nitrogens with zero attached hydrogens (tertiary/aromatic N) is 1. The molecule has 264 valence electrons. The second kappa shape index (κ2) is 15.1. The second-order valence-electron chi connectivity index (χ2n) is 11.4. The maximum atomic E-state index is 14.2. The first kappa shape index (κ1) is 37.5. The molecule has 1 atom stereocenters. The van der Waals surface area contributed by atoms with Crippen molar-refractivity contribution in [3.05, 3.63) is 65.4 Å². The zero-order valence-corrected chi connectivity index (χ0v) is 29.3. The van der Waals surface area contributed by atoms with Gasteiger partial charge >= 0.3 is 0 Å². The van der Waals surface area contributed by atoms with Gasteiger partial charge in [0.2, 0.25) is 48.3 Å². The molecule has 1 aliphatic rings. The van der Waals surface area contributed by atoms with E-state index in [0.29, 0.717) is 4.90 Å². The van der Waals surface area contributed by atoms with Crippen molar-refractivity contribution in [1.29, 1.82) is 0 Å². The molecule has 5 rings (SSSR count). The lowest BCUT2D eigenvalue weighted by molar-refractivity contribution is -0.121. The fourth-order valence-electron chi connectivity index (χ4n) is 4.53. The Morgan fingerprint density at radius 1 is 0.878 bits per heavy atom. The van der Waals surface area contributed by atoms with E-state index in [1.165, 1.54) is 18.2 Å². The minimum atomic E-state index is -2.74. The number of carbonyl (C=O) groups excluding carboxylic acids is 2. The number of benzene rings is 2. The van der Waals surface area contributed by atoms with Crippen LogP contribution in [0.2, 0.25) is 19.6 Å². The molecular weight excluding hydrogens is 764 g/mol. The zero-order chi connectivity index (χ0) is 36.4. The van der Waals surface area contributed by atoms with E-state index in [1.807, 2.05) is 19.6 Å². The summed E-state index contributed by atoms with van der Waals surface area (Å²) >= 11 is 3.37. The van der Waals surface area contributed by atoms with Crippen LogP contribution in [0.5, 0.6) is 23.0 Å². The summed E-state index contributed by atoms with van der Waals surface area (Å²) in [5, 5.41) is 30.3. The van der Waals surface area contributed by atoms with Gasteiger partial charge < -0.3 is 28.6 Å². The molecule has 19 heteroatoms. The third kappa shape index (κ3) is 8.28. The average Bonchev–Trinajstić information content (AvgIpc) is 3.62. The standard InChI is InChI=1S/C16H20BrF2NO5SSi.C14H9F2NO5/c1-27(2,3)25-16-13(21)14(9-5-4-6-11(18)12(9)19)24-15(16)10(17)7-8-20-26(22)23;15-7-3-1-2-6(10(7)16)13-11(20)12(21)14(22-13)17-8(18)4-5-9(17)19/h4-6,10,21,26H,7-8H2,1-3H3,(H,20,22,23);1-3,20-21H,4-5H2. The van der Waals surface area contributed by atoms with Gasteiger partial charge in [0.1, 0.15) is 0 Å². The van der Waals surface area contributed by atoms with E-state index in [1.54, 1.807) is 0 Å². The molecule has 0 saturated carbocycles. The molecule has 4 N–H and O–H groups in total. The Morgan fingerprint density at radius 2 is 1.39 bits per heavy atom. The molecule has 2 aromatic heterocycles. The van der Waals surface area contributed by atoms with Gasteiger partial charge in [-0.1, -0.05) is 28.1 Å². The van der Waals surface area contributed by atoms with Gasteiger partial charge in [-0.3, -0.25) is 9.59 Å². The molecule has 1 fully saturated rings. The van der Waals surface area contributed by atoms with Crippen LogP contribution in [0.3, 0.4) is 0 Å². The SMILES string of the molecule is C[Si](C)(C)Oc1c(C(Br)CCN[SH](=O)=O)oc(-c2cccc(F)c2F)c1O.O=C1CCC(=O)N1c1oc(-c2cccc(F)c2F)c(O)c1O. The number of hydrogen-bond acceptors (Lipinski definition) is 10. The molecule has 4 aromatic rings. The van der Waals surface area contributed by atoms with E-state index < -0.39 is 93.6 Å². The number of furan rings is 2. The van der Waals surface area contributed by atoms with Crippen molar-refractivity contribution in [2.24, 2.45) is 0 Å². The number of thiol groups is 1. The van der Waals surface area contributed by atoms with E-state index in [4.69, 9.17) is 13.3 Å². The van der Waals surface area contributed by atoms with Crippen LogP contribution < -0.4 is 14.0 Å². The van der Waals surface area contributed by atoms with Crippen LogP contribution in [-0.2, 0) is 20.5 Å². The Balaban J connectivity index is 0.000000225. The molecule has 1 aliphatic heterocycles. The summed E-state index contributed by atoms with van der Waals surface area (Å²) in [6.07, 6.45) is 0.149. The van der Waals surface area contributed by atoms with Crippen LogP contribution >= 0.6 is 15.9 Å². The number of halogens is 5. The van der Waals surface area contributed by atoms with E-state index in [9.17, 15) is 50.9 Å². The maximum Gasteiger partial charge on any atom is 0.256 e. The Bertz CT molecular complexity index is 1950. The fraction of sp³-hybridized carbons (Fsp3) is 0.267. The van der Waals surface area contributed by atoms with Crippen LogP contribution in [0.1, 0.15) is 29.8 Å². The first-order valence-corrected chi connectivity index (χ1v) is 19.8. The highest BCUT2D eigenvalue weighted by atomic mass is 79.9. The molecule has 0 bridgehead atoms. The fourth-order valence-corrected chi connectivity index (χ4v) is 6.18. The van der Waals surface area contributed by atoms with Crippen molar-refractivity contribution in [3.63, 3.8) is 0 Å². The van der Waals surface area contributed by atoms with Crippen molar-refractivity contribution in [2.75, 3.05) is 11.4 Å². The number of nitrogens with one attached hydrogen (secondary N) is 1. The van der Waals surface area contributed by atoms with Gasteiger partial charge in [-0.15, -0.1) is 0 Å². The molecule has 0 aliphatic carbocycles. The molecule has 0 spiro atoms. The summed E-state index contributed by atoms with van der Waals surface area (Å²) in [5.41, 5.74) is -0.683. The van der Waals surface area contributed by atoms with Gasteiger partial charge in [0.25, 0.3) is 5.88 Å². The lowest BCUT2D eigenvalue weighted by atomic mass is 10.1. The number of alkyl halides is 1. The smallest absolute Gasteiger partial charge is 0.256 e. The van der Waals surface area contributed by atoms with Gasteiger partial charge in [0.05, 0.1) is 16.0 Å².